The van der Waals surface area contributed by atoms with Crippen LogP contribution in [0.15, 0.2) is 16.9 Å². The number of fused-ring (bicyclic) bond motifs is 2. The smallest absolute Gasteiger partial charge is 0.320 e. The molecule has 1 aliphatic rings. The number of aromatic nitrogens is 2. The number of esters is 2. The highest BCUT2D eigenvalue weighted by molar-refractivity contribution is 5.95. The number of benzene rings is 1. The minimum absolute atomic E-state index is 0.167. The molecule has 1 aliphatic heterocycles. The average molecular weight is 418 g/mol. The Morgan fingerprint density at radius 2 is 1.70 bits per heavy atom. The molecule has 1 atom stereocenters. The van der Waals surface area contributed by atoms with Crippen molar-refractivity contribution in [1.82, 2.24) is 9.55 Å². The molecule has 0 bridgehead atoms. The molecule has 0 aliphatic carbocycles. The van der Waals surface area contributed by atoms with Crippen molar-refractivity contribution in [2.75, 3.05) is 27.4 Å². The van der Waals surface area contributed by atoms with Gasteiger partial charge in [-0.3, -0.25) is 19.0 Å². The lowest BCUT2D eigenvalue weighted by atomic mass is 9.93. The summed E-state index contributed by atoms with van der Waals surface area (Å²) in [5, 5.41) is 0.421. The Morgan fingerprint density at radius 3 is 2.27 bits per heavy atom. The number of hydrogen-bond donors (Lipinski definition) is 0. The van der Waals surface area contributed by atoms with Gasteiger partial charge in [0.15, 0.2) is 17.4 Å². The molecule has 3 rings (SSSR count). The van der Waals surface area contributed by atoms with Crippen LogP contribution in [0.2, 0.25) is 0 Å². The fraction of sp³-hybridized carbons (Fsp3) is 0.524. The lowest BCUT2D eigenvalue weighted by Gasteiger charge is -2.18. The summed E-state index contributed by atoms with van der Waals surface area (Å²) < 4.78 is 22.3. The van der Waals surface area contributed by atoms with Crippen molar-refractivity contribution in [3.8, 4) is 11.5 Å². The number of hydrogen-bond acceptors (Lipinski definition) is 8. The van der Waals surface area contributed by atoms with E-state index in [-0.39, 0.29) is 31.1 Å². The highest BCUT2D eigenvalue weighted by Crippen LogP contribution is 2.35. The number of carbonyl (C=O) groups excluding carboxylic acids is 2. The molecule has 9 heteroatoms. The molecule has 0 saturated carbocycles. The largest absolute Gasteiger partial charge is 0.493 e. The summed E-state index contributed by atoms with van der Waals surface area (Å²) in [5.41, 5.74) is 0.280. The van der Waals surface area contributed by atoms with E-state index in [9.17, 15) is 14.4 Å². The van der Waals surface area contributed by atoms with Gasteiger partial charge in [0, 0.05) is 18.5 Å². The summed E-state index contributed by atoms with van der Waals surface area (Å²) >= 11 is 0. The zero-order chi connectivity index (χ0) is 21.8. The molecule has 2 heterocycles. The lowest BCUT2D eigenvalue weighted by molar-refractivity contribution is -0.162. The van der Waals surface area contributed by atoms with Crippen LogP contribution in [0, 0.1) is 5.92 Å². The zero-order valence-electron chi connectivity index (χ0n) is 17.6. The second-order valence-corrected chi connectivity index (χ2v) is 6.93. The molecule has 0 spiro atoms. The highest BCUT2D eigenvalue weighted by Gasteiger charge is 2.36. The van der Waals surface area contributed by atoms with Gasteiger partial charge in [-0.1, -0.05) is 0 Å². The Morgan fingerprint density at radius 1 is 1.10 bits per heavy atom. The lowest BCUT2D eigenvalue weighted by Crippen LogP contribution is -2.30. The molecular formula is C21H26N2O7. The van der Waals surface area contributed by atoms with E-state index in [1.165, 1.54) is 14.2 Å². The van der Waals surface area contributed by atoms with Gasteiger partial charge in [-0.15, -0.1) is 0 Å². The maximum atomic E-state index is 13.0. The molecule has 1 unspecified atom stereocenters. The van der Waals surface area contributed by atoms with Crippen LogP contribution in [0.1, 0.15) is 38.4 Å². The third-order valence-electron chi connectivity index (χ3n) is 5.22. The fourth-order valence-corrected chi connectivity index (χ4v) is 3.79. The van der Waals surface area contributed by atoms with Gasteiger partial charge in [0.1, 0.15) is 5.82 Å². The van der Waals surface area contributed by atoms with Crippen LogP contribution >= 0.6 is 0 Å². The molecule has 30 heavy (non-hydrogen) atoms. The van der Waals surface area contributed by atoms with Gasteiger partial charge in [-0.25, -0.2) is 4.98 Å². The van der Waals surface area contributed by atoms with Crippen LogP contribution in [-0.4, -0.2) is 48.9 Å². The third-order valence-corrected chi connectivity index (χ3v) is 5.22. The van der Waals surface area contributed by atoms with Crippen molar-refractivity contribution in [3.05, 3.63) is 28.3 Å². The normalized spacial score (nSPS) is 15.2. The molecule has 162 valence electrons. The molecule has 1 aromatic carbocycles. The van der Waals surface area contributed by atoms with E-state index in [0.717, 1.165) is 0 Å². The van der Waals surface area contributed by atoms with Gasteiger partial charge in [-0.05, 0) is 32.8 Å². The van der Waals surface area contributed by atoms with Crippen molar-refractivity contribution in [2.45, 2.75) is 39.2 Å². The Labute approximate surface area is 173 Å². The Bertz CT molecular complexity index is 997. The minimum atomic E-state index is -1.06. The Kier molecular flexibility index (Phi) is 6.59. The first-order valence-electron chi connectivity index (χ1n) is 9.94. The molecule has 1 aromatic heterocycles. The van der Waals surface area contributed by atoms with Gasteiger partial charge < -0.3 is 18.9 Å². The monoisotopic (exact) mass is 418 g/mol. The second-order valence-electron chi connectivity index (χ2n) is 6.93. The minimum Gasteiger partial charge on any atom is -0.493 e. The van der Waals surface area contributed by atoms with E-state index in [2.05, 4.69) is 4.98 Å². The highest BCUT2D eigenvalue weighted by atomic mass is 16.6. The van der Waals surface area contributed by atoms with Gasteiger partial charge >= 0.3 is 11.9 Å². The first-order valence-corrected chi connectivity index (χ1v) is 9.94. The van der Waals surface area contributed by atoms with E-state index in [1.807, 2.05) is 0 Å². The van der Waals surface area contributed by atoms with Gasteiger partial charge in [0.2, 0.25) is 0 Å². The standard InChI is InChI=1S/C21H26N2O7/c1-5-29-20(25)14(21(26)30-6-2)9-12-7-8-23-18(12)22-15-11-17(28-4)16(27-3)10-13(15)19(23)24/h10-12,14H,5-9H2,1-4H3. The SMILES string of the molecule is CCOC(=O)C(CC1CCn2c1nc1cc(OC)c(OC)cc1c2=O)C(=O)OCC. The first kappa shape index (κ1) is 21.6. The number of rotatable bonds is 8. The maximum absolute atomic E-state index is 13.0. The zero-order valence-corrected chi connectivity index (χ0v) is 17.6. The van der Waals surface area contributed by atoms with Crippen LogP contribution in [0.4, 0.5) is 0 Å². The van der Waals surface area contributed by atoms with E-state index in [0.29, 0.717) is 41.2 Å². The maximum Gasteiger partial charge on any atom is 0.320 e. The summed E-state index contributed by atoms with van der Waals surface area (Å²) in [6.45, 7) is 4.15. The van der Waals surface area contributed by atoms with Crippen molar-refractivity contribution in [2.24, 2.45) is 5.92 Å². The van der Waals surface area contributed by atoms with Gasteiger partial charge in [-0.2, -0.15) is 0 Å². The quantitative estimate of drug-likeness (QED) is 0.474. The number of methoxy groups -OCH3 is 2. The van der Waals surface area contributed by atoms with Crippen molar-refractivity contribution in [1.29, 1.82) is 0 Å². The molecular weight excluding hydrogens is 392 g/mol. The predicted octanol–water partition coefficient (Wildman–Crippen LogP) is 2.03. The summed E-state index contributed by atoms with van der Waals surface area (Å²) in [6.07, 6.45) is 0.755. The van der Waals surface area contributed by atoms with Crippen LogP contribution in [0.25, 0.3) is 10.9 Å². The van der Waals surface area contributed by atoms with Crippen molar-refractivity contribution < 1.29 is 28.5 Å². The average Bonchev–Trinajstić information content (AvgIpc) is 3.14. The van der Waals surface area contributed by atoms with Gasteiger partial charge in [0.05, 0.1) is 38.3 Å². The van der Waals surface area contributed by atoms with E-state index >= 15 is 0 Å². The second kappa shape index (κ2) is 9.15. The molecule has 2 aromatic rings. The summed E-state index contributed by atoms with van der Waals surface area (Å²) in [4.78, 5) is 42.4. The van der Waals surface area contributed by atoms with E-state index in [4.69, 9.17) is 18.9 Å². The van der Waals surface area contributed by atoms with Gasteiger partial charge in [0.25, 0.3) is 5.56 Å². The van der Waals surface area contributed by atoms with E-state index < -0.39 is 17.9 Å². The topological polar surface area (TPSA) is 106 Å². The summed E-state index contributed by atoms with van der Waals surface area (Å²) in [7, 11) is 3.01. The van der Waals surface area contributed by atoms with E-state index in [1.54, 1.807) is 30.5 Å². The number of ether oxygens (including phenoxy) is 4. The fourth-order valence-electron chi connectivity index (χ4n) is 3.79. The summed E-state index contributed by atoms with van der Waals surface area (Å²) in [6, 6.07) is 3.27. The van der Waals surface area contributed by atoms with Crippen molar-refractivity contribution in [3.63, 3.8) is 0 Å². The number of carbonyl (C=O) groups is 2. The molecule has 0 saturated heterocycles. The van der Waals surface area contributed by atoms with Crippen molar-refractivity contribution >= 4 is 22.8 Å². The van der Waals surface area contributed by atoms with Crippen LogP contribution in [-0.2, 0) is 25.6 Å². The van der Waals surface area contributed by atoms with Crippen LogP contribution in [0.5, 0.6) is 11.5 Å². The Hall–Kier alpha value is -3.10. The molecule has 9 nitrogen and oxygen atoms in total. The molecule has 0 fully saturated rings. The first-order chi connectivity index (χ1) is 14.4. The molecule has 0 amide bonds. The van der Waals surface area contributed by atoms with Crippen LogP contribution < -0.4 is 15.0 Å². The Balaban J connectivity index is 2.00. The molecule has 0 N–H and O–H groups in total. The third kappa shape index (κ3) is 3.96. The summed E-state index contributed by atoms with van der Waals surface area (Å²) in [5.74, 6) is -1.10. The van der Waals surface area contributed by atoms with Crippen LogP contribution in [0.3, 0.4) is 0 Å². The molecule has 0 radical (unpaired) electrons. The predicted molar refractivity (Wildman–Crippen MR) is 108 cm³/mol. The number of nitrogens with zero attached hydrogens (tertiary/aromatic N) is 2.